The molecule has 1 aromatic rings. The third-order valence-corrected chi connectivity index (χ3v) is 3.39. The number of hydrogen-bond donors (Lipinski definition) is 1. The maximum absolute atomic E-state index is 11.4. The molecule has 1 fully saturated rings. The summed E-state index contributed by atoms with van der Waals surface area (Å²) in [5.41, 5.74) is 2.13. The standard InChI is InChI=1S/C10H9NO2S2/c1-5-4-13-7(6(5)2)3-8-9(12)11-10(14)15-8/h3-4H,1-2H3,(H,11,12,14)/b8-3+. The van der Waals surface area contributed by atoms with Gasteiger partial charge in [0, 0.05) is 6.08 Å². The van der Waals surface area contributed by atoms with Gasteiger partial charge in [-0.3, -0.25) is 4.79 Å². The number of carbonyl (C=O) groups excluding carboxylic acids is 1. The van der Waals surface area contributed by atoms with Gasteiger partial charge in [0.15, 0.2) is 0 Å². The number of amides is 1. The van der Waals surface area contributed by atoms with Crippen LogP contribution >= 0.6 is 24.0 Å². The second-order valence-electron chi connectivity index (χ2n) is 3.26. The minimum atomic E-state index is -0.154. The average molecular weight is 239 g/mol. The Morgan fingerprint density at radius 1 is 1.53 bits per heavy atom. The van der Waals surface area contributed by atoms with E-state index in [1.807, 2.05) is 13.8 Å². The van der Waals surface area contributed by atoms with Crippen LogP contribution in [-0.2, 0) is 4.79 Å². The molecule has 15 heavy (non-hydrogen) atoms. The molecule has 1 saturated heterocycles. The van der Waals surface area contributed by atoms with Crippen molar-refractivity contribution in [2.24, 2.45) is 0 Å². The van der Waals surface area contributed by atoms with Crippen molar-refractivity contribution in [3.8, 4) is 0 Å². The van der Waals surface area contributed by atoms with Gasteiger partial charge in [0.2, 0.25) is 0 Å². The number of aryl methyl sites for hydroxylation is 1. The second-order valence-corrected chi connectivity index (χ2v) is 4.98. The first-order valence-corrected chi connectivity index (χ1v) is 5.60. The summed E-state index contributed by atoms with van der Waals surface area (Å²) in [6.07, 6.45) is 3.40. The molecule has 3 nitrogen and oxygen atoms in total. The maximum Gasteiger partial charge on any atom is 0.263 e. The Hall–Kier alpha value is -1.07. The molecule has 2 heterocycles. The van der Waals surface area contributed by atoms with Crippen molar-refractivity contribution < 1.29 is 9.21 Å². The Morgan fingerprint density at radius 3 is 2.73 bits per heavy atom. The molecule has 0 radical (unpaired) electrons. The highest BCUT2D eigenvalue weighted by Gasteiger charge is 2.22. The molecular formula is C10H9NO2S2. The topological polar surface area (TPSA) is 42.2 Å². The Balaban J connectivity index is 2.35. The summed E-state index contributed by atoms with van der Waals surface area (Å²) in [7, 11) is 0. The van der Waals surface area contributed by atoms with Crippen molar-refractivity contribution >= 4 is 40.3 Å². The van der Waals surface area contributed by atoms with Gasteiger partial charge in [-0.25, -0.2) is 0 Å². The van der Waals surface area contributed by atoms with Crippen LogP contribution in [0.3, 0.4) is 0 Å². The normalized spacial score (nSPS) is 18.7. The number of rotatable bonds is 1. The quantitative estimate of drug-likeness (QED) is 0.603. The fraction of sp³-hybridized carbons (Fsp3) is 0.200. The van der Waals surface area contributed by atoms with Gasteiger partial charge in [0.05, 0.1) is 11.2 Å². The fourth-order valence-electron chi connectivity index (χ4n) is 1.21. The molecule has 78 valence electrons. The lowest BCUT2D eigenvalue weighted by atomic mass is 10.2. The maximum atomic E-state index is 11.4. The van der Waals surface area contributed by atoms with Gasteiger partial charge in [-0.05, 0) is 25.0 Å². The van der Waals surface area contributed by atoms with E-state index in [1.54, 1.807) is 12.3 Å². The summed E-state index contributed by atoms with van der Waals surface area (Å²) in [4.78, 5) is 12.0. The van der Waals surface area contributed by atoms with Gasteiger partial charge >= 0.3 is 0 Å². The fourth-order valence-corrected chi connectivity index (χ4v) is 2.22. The Bertz CT molecular complexity index is 474. The van der Waals surface area contributed by atoms with Gasteiger partial charge in [0.25, 0.3) is 5.91 Å². The van der Waals surface area contributed by atoms with Crippen LogP contribution in [0.2, 0.25) is 0 Å². The van der Waals surface area contributed by atoms with Gasteiger partial charge in [-0.2, -0.15) is 0 Å². The number of thioether (sulfide) groups is 1. The molecule has 0 saturated carbocycles. The summed E-state index contributed by atoms with van der Waals surface area (Å²) in [6.45, 7) is 3.93. The predicted molar refractivity (Wildman–Crippen MR) is 64.5 cm³/mol. The van der Waals surface area contributed by atoms with Crippen LogP contribution in [0.15, 0.2) is 15.6 Å². The van der Waals surface area contributed by atoms with Crippen molar-refractivity contribution in [2.75, 3.05) is 0 Å². The number of carbonyl (C=O) groups is 1. The molecule has 1 aromatic heterocycles. The van der Waals surface area contributed by atoms with Crippen LogP contribution in [-0.4, -0.2) is 10.2 Å². The summed E-state index contributed by atoms with van der Waals surface area (Å²) in [5.74, 6) is 0.563. The minimum absolute atomic E-state index is 0.154. The first-order chi connectivity index (χ1) is 7.08. The minimum Gasteiger partial charge on any atom is -0.464 e. The SMILES string of the molecule is Cc1coc(/C=C2/SC(=S)NC2=O)c1C. The molecule has 0 aromatic carbocycles. The summed E-state index contributed by atoms with van der Waals surface area (Å²) >= 11 is 6.15. The van der Waals surface area contributed by atoms with E-state index >= 15 is 0 Å². The molecule has 0 bridgehead atoms. The lowest BCUT2D eigenvalue weighted by molar-refractivity contribution is -0.115. The number of hydrogen-bond acceptors (Lipinski definition) is 4. The highest BCUT2D eigenvalue weighted by Crippen LogP contribution is 2.27. The van der Waals surface area contributed by atoms with Crippen LogP contribution < -0.4 is 5.32 Å². The van der Waals surface area contributed by atoms with E-state index in [4.69, 9.17) is 16.6 Å². The molecule has 5 heteroatoms. The average Bonchev–Trinajstić information content (AvgIpc) is 2.64. The van der Waals surface area contributed by atoms with Crippen molar-refractivity contribution in [3.63, 3.8) is 0 Å². The van der Waals surface area contributed by atoms with E-state index in [-0.39, 0.29) is 5.91 Å². The third-order valence-electron chi connectivity index (χ3n) is 2.23. The zero-order valence-electron chi connectivity index (χ0n) is 8.29. The first-order valence-electron chi connectivity index (χ1n) is 4.37. The van der Waals surface area contributed by atoms with E-state index in [0.717, 1.165) is 16.9 Å². The zero-order valence-corrected chi connectivity index (χ0v) is 9.92. The van der Waals surface area contributed by atoms with Gasteiger partial charge < -0.3 is 9.73 Å². The zero-order chi connectivity index (χ0) is 11.0. The van der Waals surface area contributed by atoms with Gasteiger partial charge in [0.1, 0.15) is 10.1 Å². The van der Waals surface area contributed by atoms with E-state index in [0.29, 0.717) is 9.23 Å². The van der Waals surface area contributed by atoms with Crippen LogP contribution in [0, 0.1) is 13.8 Å². The largest absolute Gasteiger partial charge is 0.464 e. The van der Waals surface area contributed by atoms with E-state index in [1.165, 1.54) is 11.8 Å². The van der Waals surface area contributed by atoms with Crippen molar-refractivity contribution in [1.29, 1.82) is 0 Å². The lowest BCUT2D eigenvalue weighted by Crippen LogP contribution is -2.17. The summed E-state index contributed by atoms with van der Waals surface area (Å²) in [5, 5.41) is 2.56. The highest BCUT2D eigenvalue weighted by atomic mass is 32.2. The van der Waals surface area contributed by atoms with Crippen molar-refractivity contribution in [1.82, 2.24) is 5.32 Å². The van der Waals surface area contributed by atoms with Crippen molar-refractivity contribution in [2.45, 2.75) is 13.8 Å². The summed E-state index contributed by atoms with van der Waals surface area (Å²) < 4.78 is 5.82. The molecule has 1 amide bonds. The lowest BCUT2D eigenvalue weighted by Gasteiger charge is -1.92. The third kappa shape index (κ3) is 1.98. The van der Waals surface area contributed by atoms with Crippen LogP contribution in [0.1, 0.15) is 16.9 Å². The molecule has 1 aliphatic rings. The first kappa shape index (κ1) is 10.4. The Morgan fingerprint density at radius 2 is 2.27 bits per heavy atom. The molecule has 0 aliphatic carbocycles. The molecule has 2 rings (SSSR count). The Kier molecular flexibility index (Phi) is 2.67. The summed E-state index contributed by atoms with van der Waals surface area (Å²) in [6, 6.07) is 0. The van der Waals surface area contributed by atoms with E-state index in [2.05, 4.69) is 5.32 Å². The number of furan rings is 1. The predicted octanol–water partition coefficient (Wildman–Crippen LogP) is 2.39. The van der Waals surface area contributed by atoms with Crippen molar-refractivity contribution in [3.05, 3.63) is 28.1 Å². The smallest absolute Gasteiger partial charge is 0.263 e. The molecule has 0 spiro atoms. The number of nitrogens with one attached hydrogen (secondary N) is 1. The van der Waals surface area contributed by atoms with Gasteiger partial charge in [-0.1, -0.05) is 24.0 Å². The second kappa shape index (κ2) is 3.83. The molecular weight excluding hydrogens is 230 g/mol. The van der Waals surface area contributed by atoms with Crippen LogP contribution in [0.5, 0.6) is 0 Å². The molecule has 1 aliphatic heterocycles. The number of thiocarbonyl (C=S) groups is 1. The molecule has 1 N–H and O–H groups in total. The molecule has 0 atom stereocenters. The monoisotopic (exact) mass is 239 g/mol. The highest BCUT2D eigenvalue weighted by molar-refractivity contribution is 8.26. The molecule has 0 unspecified atom stereocenters. The Labute approximate surface area is 96.9 Å². The van der Waals surface area contributed by atoms with E-state index in [9.17, 15) is 4.79 Å². The van der Waals surface area contributed by atoms with Gasteiger partial charge in [-0.15, -0.1) is 0 Å². The van der Waals surface area contributed by atoms with Crippen LogP contribution in [0.25, 0.3) is 6.08 Å². The van der Waals surface area contributed by atoms with E-state index < -0.39 is 0 Å². The van der Waals surface area contributed by atoms with Crippen LogP contribution in [0.4, 0.5) is 0 Å².